The molecule has 0 saturated heterocycles. The van der Waals surface area contributed by atoms with Gasteiger partial charge in [0.15, 0.2) is 0 Å². The Morgan fingerprint density at radius 2 is 2.22 bits per heavy atom. The molecule has 6 nitrogen and oxygen atoms in total. The zero-order valence-electron chi connectivity index (χ0n) is 10.1. The van der Waals surface area contributed by atoms with Crippen LogP contribution in [0.3, 0.4) is 0 Å². The Balaban J connectivity index is 2.86. The van der Waals surface area contributed by atoms with Crippen LogP contribution in [-0.4, -0.2) is 42.1 Å². The molecule has 1 rings (SSSR count). The third kappa shape index (κ3) is 3.90. The van der Waals surface area contributed by atoms with E-state index in [1.54, 1.807) is 13.0 Å². The molecule has 0 fully saturated rings. The van der Waals surface area contributed by atoms with Gasteiger partial charge in [-0.1, -0.05) is 0 Å². The molecule has 1 aromatic carbocycles. The number of benzene rings is 1. The Morgan fingerprint density at radius 1 is 1.50 bits per heavy atom. The van der Waals surface area contributed by atoms with Crippen LogP contribution in [0.4, 0.5) is 5.69 Å². The normalized spacial score (nSPS) is 11.9. The average Bonchev–Trinajstić information content (AvgIpc) is 2.37. The Hall–Kier alpha value is -1.79. The molecule has 6 heteroatoms. The molecule has 0 aliphatic heterocycles. The highest BCUT2D eigenvalue weighted by Crippen LogP contribution is 2.22. The van der Waals surface area contributed by atoms with Crippen LogP contribution in [0.2, 0.25) is 0 Å². The van der Waals surface area contributed by atoms with E-state index in [1.165, 1.54) is 12.1 Å². The van der Waals surface area contributed by atoms with Crippen molar-refractivity contribution in [3.63, 3.8) is 0 Å². The Labute approximate surface area is 105 Å². The summed E-state index contributed by atoms with van der Waals surface area (Å²) in [5.74, 6) is -0.284. The number of anilines is 1. The maximum absolute atomic E-state index is 11.7. The van der Waals surface area contributed by atoms with Crippen LogP contribution < -0.4 is 10.5 Å². The fourth-order valence-electron chi connectivity index (χ4n) is 1.28. The number of aliphatic hydroxyl groups is 2. The second-order valence-electron chi connectivity index (χ2n) is 3.62. The van der Waals surface area contributed by atoms with E-state index in [2.05, 4.69) is 0 Å². The summed E-state index contributed by atoms with van der Waals surface area (Å²) in [5.41, 5.74) is 6.20. The van der Waals surface area contributed by atoms with E-state index in [-0.39, 0.29) is 24.5 Å². The summed E-state index contributed by atoms with van der Waals surface area (Å²) in [7, 11) is 0. The summed E-state index contributed by atoms with van der Waals surface area (Å²) in [6, 6.07) is 4.54. The van der Waals surface area contributed by atoms with Crippen molar-refractivity contribution < 1.29 is 24.5 Å². The van der Waals surface area contributed by atoms with Crippen LogP contribution in [0.25, 0.3) is 0 Å². The molecule has 0 aliphatic carbocycles. The van der Waals surface area contributed by atoms with Crippen LogP contribution in [0.5, 0.6) is 5.75 Å². The Bertz CT molecular complexity index is 407. The van der Waals surface area contributed by atoms with E-state index in [1.807, 2.05) is 0 Å². The molecule has 0 heterocycles. The molecule has 0 radical (unpaired) electrons. The van der Waals surface area contributed by atoms with Gasteiger partial charge in [0.05, 0.1) is 13.2 Å². The largest absolute Gasteiger partial charge is 0.490 e. The summed E-state index contributed by atoms with van der Waals surface area (Å²) in [6.45, 7) is 1.41. The highest BCUT2D eigenvalue weighted by Gasteiger charge is 2.15. The number of ether oxygens (including phenoxy) is 2. The van der Waals surface area contributed by atoms with Crippen molar-refractivity contribution in [1.82, 2.24) is 0 Å². The lowest BCUT2D eigenvalue weighted by Crippen LogP contribution is -2.22. The van der Waals surface area contributed by atoms with Crippen molar-refractivity contribution in [2.24, 2.45) is 0 Å². The Morgan fingerprint density at radius 3 is 2.83 bits per heavy atom. The second-order valence-corrected chi connectivity index (χ2v) is 3.62. The first kappa shape index (κ1) is 14.3. The smallest absolute Gasteiger partial charge is 0.341 e. The summed E-state index contributed by atoms with van der Waals surface area (Å²) in [4.78, 5) is 11.7. The Kier molecular flexibility index (Phi) is 5.41. The zero-order valence-corrected chi connectivity index (χ0v) is 10.1. The van der Waals surface area contributed by atoms with Crippen LogP contribution in [0.1, 0.15) is 17.3 Å². The van der Waals surface area contributed by atoms with E-state index in [0.29, 0.717) is 5.69 Å². The number of hydrogen-bond acceptors (Lipinski definition) is 6. The van der Waals surface area contributed by atoms with Gasteiger partial charge in [-0.15, -0.1) is 0 Å². The van der Waals surface area contributed by atoms with Gasteiger partial charge in [0.1, 0.15) is 24.0 Å². The summed E-state index contributed by atoms with van der Waals surface area (Å²) in [5, 5.41) is 17.9. The topological polar surface area (TPSA) is 102 Å². The van der Waals surface area contributed by atoms with E-state index in [9.17, 15) is 9.90 Å². The molecule has 0 saturated carbocycles. The molecule has 0 bridgehead atoms. The molecule has 18 heavy (non-hydrogen) atoms. The van der Waals surface area contributed by atoms with Crippen molar-refractivity contribution in [2.75, 3.05) is 25.6 Å². The third-order valence-electron chi connectivity index (χ3n) is 2.14. The monoisotopic (exact) mass is 255 g/mol. The molecule has 0 spiro atoms. The predicted octanol–water partition coefficient (Wildman–Crippen LogP) is 0.178. The van der Waals surface area contributed by atoms with E-state index in [0.717, 1.165) is 0 Å². The van der Waals surface area contributed by atoms with Gasteiger partial charge in [0, 0.05) is 5.69 Å². The van der Waals surface area contributed by atoms with E-state index in [4.69, 9.17) is 20.3 Å². The standard InChI is InChI=1S/C12H17NO5/c1-2-17-12(16)10-5-8(13)3-4-11(10)18-7-9(15)6-14/h3-5,9,14-15H,2,6-7,13H2,1H3. The fourth-order valence-corrected chi connectivity index (χ4v) is 1.28. The van der Waals surface area contributed by atoms with Gasteiger partial charge in [-0.05, 0) is 25.1 Å². The molecular weight excluding hydrogens is 238 g/mol. The number of carbonyl (C=O) groups is 1. The van der Waals surface area contributed by atoms with Gasteiger partial charge < -0.3 is 25.4 Å². The average molecular weight is 255 g/mol. The van der Waals surface area contributed by atoms with Crippen LogP contribution in [0, 0.1) is 0 Å². The SMILES string of the molecule is CCOC(=O)c1cc(N)ccc1OCC(O)CO. The first-order chi connectivity index (χ1) is 8.58. The molecule has 0 aliphatic rings. The van der Waals surface area contributed by atoms with Gasteiger partial charge in [-0.25, -0.2) is 4.79 Å². The van der Waals surface area contributed by atoms with Crippen molar-refractivity contribution >= 4 is 11.7 Å². The molecule has 1 aromatic rings. The summed E-state index contributed by atoms with van der Waals surface area (Å²) >= 11 is 0. The number of nitrogens with two attached hydrogens (primary N) is 1. The van der Waals surface area contributed by atoms with Gasteiger partial charge in [-0.3, -0.25) is 0 Å². The first-order valence-electron chi connectivity index (χ1n) is 5.56. The van der Waals surface area contributed by atoms with Gasteiger partial charge in [0.25, 0.3) is 0 Å². The number of esters is 1. The highest BCUT2D eigenvalue weighted by atomic mass is 16.5. The van der Waals surface area contributed by atoms with Crippen molar-refractivity contribution in [2.45, 2.75) is 13.0 Å². The molecule has 1 atom stereocenters. The van der Waals surface area contributed by atoms with Gasteiger partial charge >= 0.3 is 5.97 Å². The number of carbonyl (C=O) groups excluding carboxylic acids is 1. The minimum Gasteiger partial charge on any atom is -0.490 e. The maximum atomic E-state index is 11.7. The number of hydrogen-bond donors (Lipinski definition) is 3. The van der Waals surface area contributed by atoms with Gasteiger partial charge in [-0.2, -0.15) is 0 Å². The number of aliphatic hydroxyl groups excluding tert-OH is 2. The molecule has 100 valence electrons. The van der Waals surface area contributed by atoms with Crippen molar-refractivity contribution in [1.29, 1.82) is 0 Å². The summed E-state index contributed by atoms with van der Waals surface area (Å²) < 4.78 is 10.1. The fraction of sp³-hybridized carbons (Fsp3) is 0.417. The maximum Gasteiger partial charge on any atom is 0.341 e. The second kappa shape index (κ2) is 6.83. The predicted molar refractivity (Wildman–Crippen MR) is 65.4 cm³/mol. The lowest BCUT2D eigenvalue weighted by molar-refractivity contribution is 0.0473. The minimum atomic E-state index is -1.00. The highest BCUT2D eigenvalue weighted by molar-refractivity contribution is 5.93. The number of nitrogen functional groups attached to an aromatic ring is 1. The van der Waals surface area contributed by atoms with Crippen LogP contribution in [-0.2, 0) is 4.74 Å². The molecular formula is C12H17NO5. The third-order valence-corrected chi connectivity index (χ3v) is 2.14. The molecule has 0 amide bonds. The number of rotatable bonds is 6. The lowest BCUT2D eigenvalue weighted by Gasteiger charge is -2.13. The van der Waals surface area contributed by atoms with Crippen LogP contribution in [0.15, 0.2) is 18.2 Å². The lowest BCUT2D eigenvalue weighted by atomic mass is 10.2. The summed E-state index contributed by atoms with van der Waals surface area (Å²) in [6.07, 6.45) is -1.00. The zero-order chi connectivity index (χ0) is 13.5. The van der Waals surface area contributed by atoms with Crippen molar-refractivity contribution in [3.05, 3.63) is 23.8 Å². The molecule has 4 N–H and O–H groups in total. The quantitative estimate of drug-likeness (QED) is 0.495. The van der Waals surface area contributed by atoms with Crippen LogP contribution >= 0.6 is 0 Å². The van der Waals surface area contributed by atoms with E-state index >= 15 is 0 Å². The van der Waals surface area contributed by atoms with Gasteiger partial charge in [0.2, 0.25) is 0 Å². The molecule has 1 unspecified atom stereocenters. The first-order valence-corrected chi connectivity index (χ1v) is 5.56. The minimum absolute atomic E-state index is 0.118. The molecule has 0 aromatic heterocycles. The van der Waals surface area contributed by atoms with E-state index < -0.39 is 18.7 Å². The van der Waals surface area contributed by atoms with Crippen molar-refractivity contribution in [3.8, 4) is 5.75 Å².